The third kappa shape index (κ3) is 4.60. The first-order valence-corrected chi connectivity index (χ1v) is 9.68. The van der Waals surface area contributed by atoms with E-state index in [-0.39, 0.29) is 33.6 Å². The molecule has 0 saturated heterocycles. The Kier molecular flexibility index (Phi) is 6.37. The number of hydrogen-bond acceptors (Lipinski definition) is 8. The van der Waals surface area contributed by atoms with Crippen molar-refractivity contribution in [2.45, 2.75) is 6.92 Å². The normalized spacial score (nSPS) is 14.3. The maximum Gasteiger partial charge on any atom is 0.363 e. The number of benzene rings is 2. The molecule has 2 aromatic rings. The molecular weight excluding hydrogens is 531 g/mol. The Bertz CT molecular complexity index is 1140. The van der Waals surface area contributed by atoms with E-state index < -0.39 is 16.9 Å². The fourth-order valence-corrected chi connectivity index (χ4v) is 3.46. The van der Waals surface area contributed by atoms with Gasteiger partial charge in [0.2, 0.25) is 5.90 Å². The second-order valence-electron chi connectivity index (χ2n) is 5.89. The van der Waals surface area contributed by atoms with E-state index >= 15 is 0 Å². The molecule has 0 amide bonds. The Labute approximate surface area is 188 Å². The maximum atomic E-state index is 12.2. The Morgan fingerprint density at radius 3 is 2.70 bits per heavy atom. The van der Waals surface area contributed by atoms with Gasteiger partial charge in [0, 0.05) is 18.6 Å². The summed E-state index contributed by atoms with van der Waals surface area (Å²) < 4.78 is 16.1. The van der Waals surface area contributed by atoms with Crippen LogP contribution in [0.4, 0.5) is 5.69 Å². The fraction of sp³-hybridized carbons (Fsp3) is 0.105. The zero-order valence-electron chi connectivity index (χ0n) is 15.5. The molecule has 0 bridgehead atoms. The van der Waals surface area contributed by atoms with E-state index in [1.165, 1.54) is 38.3 Å². The number of rotatable bonds is 5. The number of cyclic esters (lactones) is 1. The predicted octanol–water partition coefficient (Wildman–Crippen LogP) is 4.13. The Balaban J connectivity index is 1.99. The van der Waals surface area contributed by atoms with Gasteiger partial charge in [-0.3, -0.25) is 14.9 Å². The fourth-order valence-electron chi connectivity index (χ4n) is 2.54. The molecule has 0 unspecified atom stereocenters. The van der Waals surface area contributed by atoms with Crippen LogP contribution >= 0.6 is 34.2 Å². The zero-order chi connectivity index (χ0) is 22.0. The number of nitrogens with zero attached hydrogens (tertiary/aromatic N) is 2. The number of methoxy groups -OCH3 is 1. The van der Waals surface area contributed by atoms with E-state index in [0.717, 1.165) is 0 Å². The molecule has 9 nitrogen and oxygen atoms in total. The van der Waals surface area contributed by atoms with Crippen molar-refractivity contribution < 1.29 is 28.7 Å². The minimum atomic E-state index is -0.722. The van der Waals surface area contributed by atoms with Crippen LogP contribution in [0.15, 0.2) is 41.0 Å². The standard InChI is InChI=1S/C19H12ClIN2O7/c1-9(24)29-17-13(21)5-10(7-16(17)28-2)6-14-19(25)30-18(22-14)11-3-4-12(20)15(8-11)23(26)27/h3-8H,1-2H3/b14-6-. The molecule has 0 aromatic heterocycles. The average molecular weight is 543 g/mol. The molecule has 0 fully saturated rings. The summed E-state index contributed by atoms with van der Waals surface area (Å²) in [7, 11) is 1.42. The molecule has 1 heterocycles. The van der Waals surface area contributed by atoms with E-state index in [1.54, 1.807) is 12.1 Å². The molecular formula is C19H12ClIN2O7. The van der Waals surface area contributed by atoms with Crippen LogP contribution in [0.1, 0.15) is 18.1 Å². The van der Waals surface area contributed by atoms with Crippen LogP contribution in [-0.4, -0.2) is 29.9 Å². The predicted molar refractivity (Wildman–Crippen MR) is 116 cm³/mol. The molecule has 1 aliphatic heterocycles. The highest BCUT2D eigenvalue weighted by Crippen LogP contribution is 2.35. The summed E-state index contributed by atoms with van der Waals surface area (Å²) in [5.41, 5.74) is 0.442. The minimum Gasteiger partial charge on any atom is -0.493 e. The second-order valence-corrected chi connectivity index (χ2v) is 7.46. The number of ether oxygens (including phenoxy) is 3. The Morgan fingerprint density at radius 1 is 1.33 bits per heavy atom. The van der Waals surface area contributed by atoms with Gasteiger partial charge in [-0.05, 0) is 58.5 Å². The number of nitro groups is 1. The van der Waals surface area contributed by atoms with Gasteiger partial charge >= 0.3 is 11.9 Å². The van der Waals surface area contributed by atoms with Gasteiger partial charge in [-0.1, -0.05) is 11.6 Å². The minimum absolute atomic E-state index is 0.0132. The van der Waals surface area contributed by atoms with Crippen LogP contribution in [0.3, 0.4) is 0 Å². The van der Waals surface area contributed by atoms with E-state index in [2.05, 4.69) is 4.99 Å². The van der Waals surface area contributed by atoms with E-state index in [4.69, 9.17) is 25.8 Å². The van der Waals surface area contributed by atoms with Gasteiger partial charge in [-0.15, -0.1) is 0 Å². The lowest BCUT2D eigenvalue weighted by atomic mass is 10.1. The van der Waals surface area contributed by atoms with Gasteiger partial charge in [-0.2, -0.15) is 0 Å². The van der Waals surface area contributed by atoms with Crippen molar-refractivity contribution in [3.8, 4) is 11.5 Å². The van der Waals surface area contributed by atoms with Crippen molar-refractivity contribution in [1.82, 2.24) is 0 Å². The first kappa shape index (κ1) is 21.7. The smallest absolute Gasteiger partial charge is 0.363 e. The lowest BCUT2D eigenvalue weighted by Gasteiger charge is -2.11. The second kappa shape index (κ2) is 8.79. The van der Waals surface area contributed by atoms with Crippen LogP contribution in [0.25, 0.3) is 6.08 Å². The van der Waals surface area contributed by atoms with Crippen molar-refractivity contribution in [2.24, 2.45) is 4.99 Å². The summed E-state index contributed by atoms with van der Waals surface area (Å²) in [5, 5.41) is 11.0. The summed E-state index contributed by atoms with van der Waals surface area (Å²) in [4.78, 5) is 38.1. The molecule has 0 radical (unpaired) electrons. The summed E-state index contributed by atoms with van der Waals surface area (Å²) in [5.74, 6) is -0.736. The molecule has 0 saturated carbocycles. The topological polar surface area (TPSA) is 117 Å². The number of hydrogen-bond donors (Lipinski definition) is 0. The highest BCUT2D eigenvalue weighted by Gasteiger charge is 2.26. The first-order valence-electron chi connectivity index (χ1n) is 8.22. The van der Waals surface area contributed by atoms with E-state index in [0.29, 0.717) is 14.9 Å². The Hall–Kier alpha value is -2.99. The summed E-state index contributed by atoms with van der Waals surface area (Å²) in [6, 6.07) is 7.21. The number of carbonyl (C=O) groups is 2. The molecule has 3 rings (SSSR count). The summed E-state index contributed by atoms with van der Waals surface area (Å²) >= 11 is 7.78. The lowest BCUT2D eigenvalue weighted by Crippen LogP contribution is -2.06. The Morgan fingerprint density at radius 2 is 2.07 bits per heavy atom. The van der Waals surface area contributed by atoms with Crippen LogP contribution in [-0.2, 0) is 14.3 Å². The number of aliphatic imine (C=N–C) groups is 1. The third-order valence-electron chi connectivity index (χ3n) is 3.81. The first-order chi connectivity index (χ1) is 14.2. The van der Waals surface area contributed by atoms with Crippen LogP contribution in [0.2, 0.25) is 5.02 Å². The van der Waals surface area contributed by atoms with Crippen molar-refractivity contribution in [3.63, 3.8) is 0 Å². The van der Waals surface area contributed by atoms with Crippen molar-refractivity contribution in [2.75, 3.05) is 7.11 Å². The molecule has 0 spiro atoms. The van der Waals surface area contributed by atoms with Crippen LogP contribution < -0.4 is 9.47 Å². The SMILES string of the molecule is COc1cc(/C=C2\N=C(c3ccc(Cl)c([N+](=O)[O-])c3)OC2=O)cc(I)c1OC(C)=O. The molecule has 1 aliphatic rings. The molecule has 154 valence electrons. The summed E-state index contributed by atoms with van der Waals surface area (Å²) in [6.07, 6.45) is 1.46. The van der Waals surface area contributed by atoms with Crippen LogP contribution in [0, 0.1) is 13.7 Å². The molecule has 2 aromatic carbocycles. The highest BCUT2D eigenvalue weighted by molar-refractivity contribution is 14.1. The number of esters is 2. The summed E-state index contributed by atoms with van der Waals surface area (Å²) in [6.45, 7) is 1.28. The van der Waals surface area contributed by atoms with Gasteiger partial charge in [0.25, 0.3) is 5.69 Å². The van der Waals surface area contributed by atoms with Gasteiger partial charge in [0.05, 0.1) is 15.6 Å². The third-order valence-corrected chi connectivity index (χ3v) is 4.93. The largest absolute Gasteiger partial charge is 0.493 e. The van der Waals surface area contributed by atoms with Crippen LogP contribution in [0.5, 0.6) is 11.5 Å². The lowest BCUT2D eigenvalue weighted by molar-refractivity contribution is -0.384. The monoisotopic (exact) mass is 542 g/mol. The van der Waals surface area contributed by atoms with Gasteiger partial charge in [0.1, 0.15) is 5.02 Å². The van der Waals surface area contributed by atoms with Gasteiger partial charge in [-0.25, -0.2) is 9.79 Å². The number of halogens is 2. The van der Waals surface area contributed by atoms with Crippen molar-refractivity contribution in [1.29, 1.82) is 0 Å². The molecule has 11 heteroatoms. The van der Waals surface area contributed by atoms with E-state index in [1.807, 2.05) is 22.6 Å². The van der Waals surface area contributed by atoms with Crippen molar-refractivity contribution in [3.05, 3.63) is 65.9 Å². The number of nitro benzene ring substituents is 1. The zero-order valence-corrected chi connectivity index (χ0v) is 18.4. The van der Waals surface area contributed by atoms with Gasteiger partial charge < -0.3 is 14.2 Å². The molecule has 0 atom stereocenters. The quantitative estimate of drug-likeness (QED) is 0.139. The van der Waals surface area contributed by atoms with E-state index in [9.17, 15) is 19.7 Å². The average Bonchev–Trinajstić information content (AvgIpc) is 3.04. The number of carbonyl (C=O) groups excluding carboxylic acids is 2. The molecule has 0 aliphatic carbocycles. The maximum absolute atomic E-state index is 12.2. The highest BCUT2D eigenvalue weighted by atomic mass is 127. The van der Waals surface area contributed by atoms with Gasteiger partial charge in [0.15, 0.2) is 17.2 Å². The molecule has 0 N–H and O–H groups in total. The van der Waals surface area contributed by atoms with Crippen molar-refractivity contribution >= 4 is 63.8 Å². The molecule has 30 heavy (non-hydrogen) atoms.